The Kier molecular flexibility index (Phi) is 9.22. The molecule has 0 spiro atoms. The summed E-state index contributed by atoms with van der Waals surface area (Å²) in [6, 6.07) is 14.9. The van der Waals surface area contributed by atoms with Gasteiger partial charge in [-0.2, -0.15) is 0 Å². The molecule has 0 saturated carbocycles. The molecule has 8 nitrogen and oxygen atoms in total. The summed E-state index contributed by atoms with van der Waals surface area (Å²) in [6.45, 7) is 5.08. The van der Waals surface area contributed by atoms with Crippen molar-refractivity contribution in [1.82, 2.24) is 0 Å². The minimum atomic E-state index is -1.44. The highest BCUT2D eigenvalue weighted by Gasteiger charge is 2.39. The van der Waals surface area contributed by atoms with Gasteiger partial charge in [-0.15, -0.1) is 0 Å². The first-order valence-corrected chi connectivity index (χ1v) is 10.4. The number of hydrogen-bond donors (Lipinski definition) is 2. The molecule has 2 amide bonds. The summed E-state index contributed by atoms with van der Waals surface area (Å²) in [5.41, 5.74) is 1.98. The van der Waals surface area contributed by atoms with Crippen molar-refractivity contribution in [2.24, 2.45) is 0 Å². The first kappa shape index (κ1) is 24.9. The van der Waals surface area contributed by atoms with Crippen LogP contribution in [0.25, 0.3) is 0 Å². The molecule has 0 aliphatic heterocycles. The smallest absolute Gasteiger partial charge is 0.412 e. The van der Waals surface area contributed by atoms with E-state index in [9.17, 15) is 14.4 Å². The minimum Gasteiger partial charge on any atom is -0.463 e. The second-order valence-electron chi connectivity index (χ2n) is 7.46. The number of ether oxygens (including phenoxy) is 3. The van der Waals surface area contributed by atoms with E-state index in [1.54, 1.807) is 19.1 Å². The number of amides is 2. The van der Waals surface area contributed by atoms with Gasteiger partial charge in [-0.05, 0) is 55.7 Å². The molecule has 2 aromatic carbocycles. The predicted octanol–water partition coefficient (Wildman–Crippen LogP) is 4.14. The average molecular weight is 443 g/mol. The predicted molar refractivity (Wildman–Crippen MR) is 122 cm³/mol. The van der Waals surface area contributed by atoms with Gasteiger partial charge in [0.1, 0.15) is 0 Å². The van der Waals surface area contributed by atoms with Crippen LogP contribution in [-0.2, 0) is 30.2 Å². The lowest BCUT2D eigenvalue weighted by molar-refractivity contribution is -0.164. The lowest BCUT2D eigenvalue weighted by atomic mass is 10.0. The number of esters is 1. The van der Waals surface area contributed by atoms with Gasteiger partial charge in [0.15, 0.2) is 0 Å². The Labute approximate surface area is 188 Å². The fourth-order valence-electron chi connectivity index (χ4n) is 2.97. The van der Waals surface area contributed by atoms with Crippen LogP contribution < -0.4 is 10.6 Å². The molecular formula is C24H30N2O6. The molecule has 1 atom stereocenters. The summed E-state index contributed by atoms with van der Waals surface area (Å²) in [5.74, 6) is -0.729. The molecule has 2 rings (SSSR count). The number of hydrogen-bond acceptors (Lipinski definition) is 6. The average Bonchev–Trinajstić information content (AvgIpc) is 2.75. The van der Waals surface area contributed by atoms with E-state index in [0.29, 0.717) is 12.1 Å². The Morgan fingerprint density at radius 1 is 0.906 bits per heavy atom. The minimum absolute atomic E-state index is 0.111. The Morgan fingerprint density at radius 2 is 1.44 bits per heavy atom. The highest BCUT2D eigenvalue weighted by Crippen LogP contribution is 2.21. The number of rotatable bonds is 10. The third kappa shape index (κ3) is 7.70. The van der Waals surface area contributed by atoms with Crippen molar-refractivity contribution in [1.29, 1.82) is 0 Å². The van der Waals surface area contributed by atoms with E-state index in [0.717, 1.165) is 16.8 Å². The largest absolute Gasteiger partial charge is 0.463 e. The van der Waals surface area contributed by atoms with E-state index in [-0.39, 0.29) is 25.5 Å². The molecule has 1 unspecified atom stereocenters. The van der Waals surface area contributed by atoms with Crippen LogP contribution in [0, 0.1) is 0 Å². The molecule has 172 valence electrons. The van der Waals surface area contributed by atoms with Gasteiger partial charge in [0.2, 0.25) is 11.5 Å². The van der Waals surface area contributed by atoms with E-state index in [1.807, 2.05) is 36.4 Å². The van der Waals surface area contributed by atoms with Gasteiger partial charge in [0.05, 0.1) is 13.2 Å². The summed E-state index contributed by atoms with van der Waals surface area (Å²) in [4.78, 5) is 35.7. The number of methoxy groups -OCH3 is 1. The molecule has 0 radical (unpaired) electrons. The number of nitrogens with one attached hydrogen (secondary N) is 2. The summed E-state index contributed by atoms with van der Waals surface area (Å²) >= 11 is 0. The zero-order chi connectivity index (χ0) is 23.6. The van der Waals surface area contributed by atoms with Gasteiger partial charge in [0, 0.05) is 31.8 Å². The monoisotopic (exact) mass is 442 g/mol. The van der Waals surface area contributed by atoms with Crippen LogP contribution in [0.15, 0.2) is 48.5 Å². The van der Waals surface area contributed by atoms with Crippen LogP contribution in [0.5, 0.6) is 0 Å². The van der Waals surface area contributed by atoms with Gasteiger partial charge in [0.25, 0.3) is 0 Å². The first-order valence-electron chi connectivity index (χ1n) is 10.4. The molecule has 2 aromatic rings. The summed E-state index contributed by atoms with van der Waals surface area (Å²) in [5, 5.41) is 5.37. The van der Waals surface area contributed by atoms with Crippen molar-refractivity contribution in [2.75, 3.05) is 31.0 Å². The molecule has 0 aliphatic carbocycles. The van der Waals surface area contributed by atoms with Gasteiger partial charge < -0.3 is 19.5 Å². The molecule has 8 heteroatoms. The van der Waals surface area contributed by atoms with Crippen molar-refractivity contribution in [3.63, 3.8) is 0 Å². The van der Waals surface area contributed by atoms with Crippen LogP contribution in [0.4, 0.5) is 16.2 Å². The Hall–Kier alpha value is -3.39. The lowest BCUT2D eigenvalue weighted by Crippen LogP contribution is -2.43. The lowest BCUT2D eigenvalue weighted by Gasteiger charge is -2.27. The van der Waals surface area contributed by atoms with E-state index >= 15 is 0 Å². The van der Waals surface area contributed by atoms with Crippen LogP contribution in [0.2, 0.25) is 0 Å². The molecule has 0 saturated heterocycles. The molecule has 32 heavy (non-hydrogen) atoms. The van der Waals surface area contributed by atoms with Gasteiger partial charge in [-0.25, -0.2) is 9.59 Å². The Bertz CT molecular complexity index is 911. The summed E-state index contributed by atoms with van der Waals surface area (Å²) in [6.07, 6.45) is 0.122. The zero-order valence-electron chi connectivity index (χ0n) is 18.9. The maximum Gasteiger partial charge on any atom is 0.412 e. The third-order valence-corrected chi connectivity index (χ3v) is 4.69. The standard InChI is InChI=1S/C24H30N2O6/c1-5-31-22(28)24(3,14-15-30-4)32-23(29)26-21-12-8-19(9-13-21)16-18-6-10-20(11-7-18)25-17(2)27/h6-13H,5,14-16H2,1-4H3,(H,25,27)(H,26,29). The van der Waals surface area contributed by atoms with Crippen molar-refractivity contribution in [2.45, 2.75) is 39.2 Å². The normalized spacial score (nSPS) is 12.4. The SMILES string of the molecule is CCOC(=O)C(C)(CCOC)OC(=O)Nc1ccc(Cc2ccc(NC(C)=O)cc2)cc1. The fourth-order valence-corrected chi connectivity index (χ4v) is 2.97. The summed E-state index contributed by atoms with van der Waals surface area (Å²) in [7, 11) is 1.50. The van der Waals surface area contributed by atoms with Crippen LogP contribution in [-0.4, -0.2) is 43.9 Å². The highest BCUT2D eigenvalue weighted by molar-refractivity contribution is 5.89. The number of anilines is 2. The van der Waals surface area contributed by atoms with E-state index in [1.165, 1.54) is 21.0 Å². The molecule has 0 fully saturated rings. The van der Waals surface area contributed by atoms with Gasteiger partial charge in [-0.3, -0.25) is 10.1 Å². The van der Waals surface area contributed by atoms with Crippen molar-refractivity contribution >= 4 is 29.3 Å². The van der Waals surface area contributed by atoms with E-state index in [2.05, 4.69) is 10.6 Å². The van der Waals surface area contributed by atoms with Crippen molar-refractivity contribution < 1.29 is 28.6 Å². The molecule has 0 heterocycles. The second kappa shape index (κ2) is 11.9. The topological polar surface area (TPSA) is 103 Å². The quantitative estimate of drug-likeness (QED) is 0.536. The molecule has 0 aromatic heterocycles. The van der Waals surface area contributed by atoms with E-state index < -0.39 is 17.7 Å². The van der Waals surface area contributed by atoms with Crippen LogP contribution in [0.1, 0.15) is 38.3 Å². The fraction of sp³-hybridized carbons (Fsp3) is 0.375. The zero-order valence-corrected chi connectivity index (χ0v) is 18.9. The number of carbonyl (C=O) groups excluding carboxylic acids is 3. The van der Waals surface area contributed by atoms with Gasteiger partial charge >= 0.3 is 12.1 Å². The first-order chi connectivity index (χ1) is 15.3. The second-order valence-corrected chi connectivity index (χ2v) is 7.46. The van der Waals surface area contributed by atoms with Crippen molar-refractivity contribution in [3.05, 3.63) is 59.7 Å². The highest BCUT2D eigenvalue weighted by atomic mass is 16.6. The molecular weight excluding hydrogens is 412 g/mol. The Balaban J connectivity index is 1.96. The maximum atomic E-state index is 12.4. The maximum absolute atomic E-state index is 12.4. The van der Waals surface area contributed by atoms with E-state index in [4.69, 9.17) is 14.2 Å². The van der Waals surface area contributed by atoms with Crippen LogP contribution >= 0.6 is 0 Å². The molecule has 0 bridgehead atoms. The Morgan fingerprint density at radius 3 is 1.91 bits per heavy atom. The molecule has 2 N–H and O–H groups in total. The number of benzene rings is 2. The number of carbonyl (C=O) groups is 3. The van der Waals surface area contributed by atoms with Gasteiger partial charge in [-0.1, -0.05) is 24.3 Å². The third-order valence-electron chi connectivity index (χ3n) is 4.69. The van der Waals surface area contributed by atoms with Crippen molar-refractivity contribution in [3.8, 4) is 0 Å². The molecule has 0 aliphatic rings. The summed E-state index contributed by atoms with van der Waals surface area (Å²) < 4.78 is 15.4. The van der Waals surface area contributed by atoms with Crippen LogP contribution in [0.3, 0.4) is 0 Å².